The SMILES string of the molecule is CC(C)CNCCC[C@H](NC(=O)c1ccccc1-c1ccccc1)C(=O)NCCc1ccccc1. The lowest BCUT2D eigenvalue weighted by atomic mass is 9.98. The Bertz CT molecular complexity index is 1050. The van der Waals surface area contributed by atoms with E-state index in [0.29, 0.717) is 24.4 Å². The van der Waals surface area contributed by atoms with Gasteiger partial charge in [0.2, 0.25) is 5.91 Å². The van der Waals surface area contributed by atoms with E-state index in [0.717, 1.165) is 37.1 Å². The molecular formula is C30H37N3O2. The number of nitrogens with one attached hydrogen (secondary N) is 3. The van der Waals surface area contributed by atoms with E-state index in [-0.39, 0.29) is 11.8 Å². The fourth-order valence-corrected chi connectivity index (χ4v) is 3.98. The molecule has 0 unspecified atom stereocenters. The van der Waals surface area contributed by atoms with Crippen molar-refractivity contribution in [3.63, 3.8) is 0 Å². The minimum absolute atomic E-state index is 0.143. The van der Waals surface area contributed by atoms with Crippen LogP contribution in [0.15, 0.2) is 84.9 Å². The zero-order valence-corrected chi connectivity index (χ0v) is 20.8. The molecule has 0 radical (unpaired) electrons. The topological polar surface area (TPSA) is 70.2 Å². The molecule has 0 saturated heterocycles. The fraction of sp³-hybridized carbons (Fsp3) is 0.333. The van der Waals surface area contributed by atoms with Crippen molar-refractivity contribution in [2.45, 2.75) is 39.2 Å². The van der Waals surface area contributed by atoms with Gasteiger partial charge >= 0.3 is 0 Å². The van der Waals surface area contributed by atoms with E-state index in [9.17, 15) is 9.59 Å². The van der Waals surface area contributed by atoms with Crippen LogP contribution in [0.3, 0.4) is 0 Å². The van der Waals surface area contributed by atoms with Crippen LogP contribution in [0.2, 0.25) is 0 Å². The molecule has 184 valence electrons. The number of hydrogen-bond acceptors (Lipinski definition) is 3. The second kappa shape index (κ2) is 14.1. The summed E-state index contributed by atoms with van der Waals surface area (Å²) < 4.78 is 0. The van der Waals surface area contributed by atoms with Gasteiger partial charge in [0.1, 0.15) is 6.04 Å². The zero-order valence-electron chi connectivity index (χ0n) is 20.8. The van der Waals surface area contributed by atoms with Crippen molar-refractivity contribution in [1.29, 1.82) is 0 Å². The van der Waals surface area contributed by atoms with Crippen LogP contribution < -0.4 is 16.0 Å². The standard InChI is InChI=1S/C30H37N3O2/c1-23(2)22-31-20-11-18-28(30(35)32-21-19-24-12-5-3-6-13-24)33-29(34)27-17-10-9-16-26(27)25-14-7-4-8-15-25/h3-10,12-17,23,28,31H,11,18-22H2,1-2H3,(H,32,35)(H,33,34)/t28-/m0/s1. The van der Waals surface area contributed by atoms with Crippen molar-refractivity contribution in [1.82, 2.24) is 16.0 Å². The Kier molecular flexibility index (Phi) is 10.5. The zero-order chi connectivity index (χ0) is 24.9. The molecule has 0 spiro atoms. The number of hydrogen-bond donors (Lipinski definition) is 3. The molecule has 0 saturated carbocycles. The Morgan fingerprint density at radius 2 is 1.46 bits per heavy atom. The summed E-state index contributed by atoms with van der Waals surface area (Å²) in [5.41, 5.74) is 3.56. The minimum Gasteiger partial charge on any atom is -0.354 e. The maximum atomic E-state index is 13.3. The second-order valence-electron chi connectivity index (χ2n) is 9.20. The molecule has 0 heterocycles. The fourth-order valence-electron chi connectivity index (χ4n) is 3.98. The van der Waals surface area contributed by atoms with Crippen LogP contribution in [0.1, 0.15) is 42.6 Å². The van der Waals surface area contributed by atoms with E-state index in [1.165, 1.54) is 5.56 Å². The molecule has 35 heavy (non-hydrogen) atoms. The summed E-state index contributed by atoms with van der Waals surface area (Å²) in [4.78, 5) is 26.4. The van der Waals surface area contributed by atoms with Gasteiger partial charge in [0, 0.05) is 12.1 Å². The molecule has 0 aliphatic heterocycles. The highest BCUT2D eigenvalue weighted by molar-refractivity contribution is 6.02. The molecule has 3 N–H and O–H groups in total. The lowest BCUT2D eigenvalue weighted by molar-refractivity contribution is -0.123. The van der Waals surface area contributed by atoms with Gasteiger partial charge in [-0.3, -0.25) is 9.59 Å². The summed E-state index contributed by atoms with van der Waals surface area (Å²) in [6, 6.07) is 26.8. The Balaban J connectivity index is 1.66. The molecule has 1 atom stereocenters. The van der Waals surface area contributed by atoms with Crippen molar-refractivity contribution in [2.75, 3.05) is 19.6 Å². The largest absolute Gasteiger partial charge is 0.354 e. The van der Waals surface area contributed by atoms with Crippen molar-refractivity contribution < 1.29 is 9.59 Å². The quantitative estimate of drug-likeness (QED) is 0.313. The van der Waals surface area contributed by atoms with E-state index in [1.807, 2.05) is 84.9 Å². The van der Waals surface area contributed by atoms with E-state index >= 15 is 0 Å². The van der Waals surface area contributed by atoms with Crippen LogP contribution in [0.4, 0.5) is 0 Å². The Morgan fingerprint density at radius 1 is 0.800 bits per heavy atom. The predicted molar refractivity (Wildman–Crippen MR) is 143 cm³/mol. The molecule has 3 aromatic rings. The van der Waals surface area contributed by atoms with Crippen molar-refractivity contribution in [3.05, 3.63) is 96.1 Å². The van der Waals surface area contributed by atoms with Crippen LogP contribution in [0.5, 0.6) is 0 Å². The summed E-state index contributed by atoms with van der Waals surface area (Å²) in [6.07, 6.45) is 2.12. The van der Waals surface area contributed by atoms with Gasteiger partial charge in [0.25, 0.3) is 5.91 Å². The van der Waals surface area contributed by atoms with Crippen molar-refractivity contribution in [2.24, 2.45) is 5.92 Å². The summed E-state index contributed by atoms with van der Waals surface area (Å²) in [6.45, 7) is 6.61. The van der Waals surface area contributed by atoms with Crippen LogP contribution >= 0.6 is 0 Å². The first-order valence-electron chi connectivity index (χ1n) is 12.5. The van der Waals surface area contributed by atoms with E-state index in [2.05, 4.69) is 29.8 Å². The van der Waals surface area contributed by atoms with Crippen molar-refractivity contribution in [3.8, 4) is 11.1 Å². The molecule has 5 heteroatoms. The summed E-state index contributed by atoms with van der Waals surface area (Å²) in [7, 11) is 0. The van der Waals surface area contributed by atoms with Crippen LogP contribution in [-0.2, 0) is 11.2 Å². The lowest BCUT2D eigenvalue weighted by Crippen LogP contribution is -2.47. The van der Waals surface area contributed by atoms with Crippen LogP contribution in [-0.4, -0.2) is 37.5 Å². The average Bonchev–Trinajstić information content (AvgIpc) is 2.88. The third kappa shape index (κ3) is 8.69. The number of rotatable bonds is 13. The number of carbonyl (C=O) groups is 2. The van der Waals surface area contributed by atoms with Gasteiger partial charge in [0.05, 0.1) is 0 Å². The molecule has 0 fully saturated rings. The maximum absolute atomic E-state index is 13.3. The highest BCUT2D eigenvalue weighted by atomic mass is 16.2. The lowest BCUT2D eigenvalue weighted by Gasteiger charge is -2.20. The van der Waals surface area contributed by atoms with Gasteiger partial charge in [-0.25, -0.2) is 0 Å². The molecule has 0 bridgehead atoms. The minimum atomic E-state index is -0.594. The maximum Gasteiger partial charge on any atom is 0.252 e. The molecule has 2 amide bonds. The van der Waals surface area contributed by atoms with Crippen molar-refractivity contribution >= 4 is 11.8 Å². The van der Waals surface area contributed by atoms with Gasteiger partial charge in [-0.05, 0) is 61.0 Å². The normalized spacial score (nSPS) is 11.7. The highest BCUT2D eigenvalue weighted by Crippen LogP contribution is 2.23. The summed E-state index contributed by atoms with van der Waals surface area (Å²) >= 11 is 0. The monoisotopic (exact) mass is 471 g/mol. The average molecular weight is 472 g/mol. The smallest absolute Gasteiger partial charge is 0.252 e. The van der Waals surface area contributed by atoms with Gasteiger partial charge < -0.3 is 16.0 Å². The first-order valence-corrected chi connectivity index (χ1v) is 12.5. The highest BCUT2D eigenvalue weighted by Gasteiger charge is 2.22. The van der Waals surface area contributed by atoms with E-state index < -0.39 is 6.04 Å². The Labute approximate surface area is 209 Å². The third-order valence-corrected chi connectivity index (χ3v) is 5.83. The van der Waals surface area contributed by atoms with Gasteiger partial charge in [-0.1, -0.05) is 92.7 Å². The Morgan fingerprint density at radius 3 is 2.17 bits per heavy atom. The number of carbonyl (C=O) groups excluding carboxylic acids is 2. The number of benzene rings is 3. The van der Waals surface area contributed by atoms with Gasteiger partial charge in [-0.2, -0.15) is 0 Å². The molecule has 0 aromatic heterocycles. The molecular weight excluding hydrogens is 434 g/mol. The molecule has 5 nitrogen and oxygen atoms in total. The Hall–Kier alpha value is -3.44. The molecule has 0 aliphatic rings. The van der Waals surface area contributed by atoms with Crippen LogP contribution in [0, 0.1) is 5.92 Å². The van der Waals surface area contributed by atoms with Gasteiger partial charge in [0.15, 0.2) is 0 Å². The second-order valence-corrected chi connectivity index (χ2v) is 9.20. The van der Waals surface area contributed by atoms with Crippen LogP contribution in [0.25, 0.3) is 11.1 Å². The first kappa shape index (κ1) is 26.2. The summed E-state index contributed by atoms with van der Waals surface area (Å²) in [5, 5.41) is 9.45. The van der Waals surface area contributed by atoms with Gasteiger partial charge in [-0.15, -0.1) is 0 Å². The molecule has 0 aliphatic carbocycles. The van der Waals surface area contributed by atoms with E-state index in [1.54, 1.807) is 0 Å². The predicted octanol–water partition coefficient (Wildman–Crippen LogP) is 4.84. The first-order chi connectivity index (χ1) is 17.0. The van der Waals surface area contributed by atoms with E-state index in [4.69, 9.17) is 0 Å². The summed E-state index contributed by atoms with van der Waals surface area (Å²) in [5.74, 6) is 0.194. The molecule has 3 aromatic carbocycles. The number of amides is 2. The third-order valence-electron chi connectivity index (χ3n) is 5.83. The molecule has 3 rings (SSSR count).